The van der Waals surface area contributed by atoms with Crippen molar-refractivity contribution in [3.63, 3.8) is 0 Å². The molecule has 3 rings (SSSR count). The lowest BCUT2D eigenvalue weighted by molar-refractivity contribution is 0.0968. The number of amides is 1. The molecule has 0 radical (unpaired) electrons. The Kier molecular flexibility index (Phi) is 5.47. The van der Waals surface area contributed by atoms with Crippen LogP contribution < -0.4 is 5.73 Å². The zero-order valence-electron chi connectivity index (χ0n) is 13.7. The maximum Gasteiger partial charge on any atom is 0.284 e. The second-order valence-corrected chi connectivity index (χ2v) is 8.68. The van der Waals surface area contributed by atoms with Crippen molar-refractivity contribution in [3.8, 4) is 0 Å². The predicted molar refractivity (Wildman–Crippen MR) is 95.4 cm³/mol. The summed E-state index contributed by atoms with van der Waals surface area (Å²) in [6.07, 6.45) is 0. The third-order valence-corrected chi connectivity index (χ3v) is 6.42. The van der Waals surface area contributed by atoms with E-state index >= 15 is 0 Å². The number of piperazine rings is 1. The number of benzene rings is 1. The number of hydrogen-bond acceptors (Lipinski definition) is 5. The number of nitrogens with two attached hydrogens (primary N) is 1. The minimum atomic E-state index is -3.83. The first-order valence-corrected chi connectivity index (χ1v) is 10.1. The molecule has 26 heavy (non-hydrogen) atoms. The van der Waals surface area contributed by atoms with Gasteiger partial charge in [0, 0.05) is 42.8 Å². The van der Waals surface area contributed by atoms with Gasteiger partial charge in [0.2, 0.25) is 5.09 Å². The average molecular weight is 446 g/mol. The van der Waals surface area contributed by atoms with Gasteiger partial charge in [-0.2, -0.15) is 4.31 Å². The van der Waals surface area contributed by atoms with Gasteiger partial charge >= 0.3 is 0 Å². The highest BCUT2D eigenvalue weighted by atomic mass is 79.9. The largest absolute Gasteiger partial charge is 0.438 e. The number of halogens is 2. The van der Waals surface area contributed by atoms with Crippen molar-refractivity contribution >= 4 is 31.9 Å². The van der Waals surface area contributed by atoms with Gasteiger partial charge in [-0.15, -0.1) is 0 Å². The summed E-state index contributed by atoms with van der Waals surface area (Å²) in [5, 5.41) is -0.307. The normalized spacial score (nSPS) is 16.7. The van der Waals surface area contributed by atoms with Crippen molar-refractivity contribution in [3.05, 3.63) is 51.9 Å². The van der Waals surface area contributed by atoms with E-state index in [-0.39, 0.29) is 29.8 Å². The number of sulfonamides is 1. The van der Waals surface area contributed by atoms with Crippen LogP contribution in [0.2, 0.25) is 0 Å². The van der Waals surface area contributed by atoms with Crippen molar-refractivity contribution in [2.75, 3.05) is 26.2 Å². The molecule has 0 unspecified atom stereocenters. The minimum Gasteiger partial charge on any atom is -0.438 e. The minimum absolute atomic E-state index is 0.201. The van der Waals surface area contributed by atoms with E-state index in [1.165, 1.54) is 22.5 Å². The molecule has 1 aromatic heterocycles. The van der Waals surface area contributed by atoms with Crippen molar-refractivity contribution in [2.24, 2.45) is 5.73 Å². The summed E-state index contributed by atoms with van der Waals surface area (Å²) in [6.45, 7) is 1.80. The molecule has 0 saturated carbocycles. The fourth-order valence-corrected chi connectivity index (χ4v) is 4.40. The number of primary amides is 1. The van der Waals surface area contributed by atoms with Crippen LogP contribution in [0.15, 0.2) is 44.3 Å². The van der Waals surface area contributed by atoms with E-state index in [0.717, 1.165) is 0 Å². The van der Waals surface area contributed by atoms with E-state index in [0.29, 0.717) is 29.7 Å². The van der Waals surface area contributed by atoms with Gasteiger partial charge in [-0.1, -0.05) is 22.0 Å². The molecule has 2 aromatic rings. The average Bonchev–Trinajstić information content (AvgIpc) is 3.09. The maximum atomic E-state index is 13.9. The smallest absolute Gasteiger partial charge is 0.284 e. The molecule has 1 amide bonds. The Morgan fingerprint density at radius 3 is 2.46 bits per heavy atom. The van der Waals surface area contributed by atoms with E-state index in [2.05, 4.69) is 15.9 Å². The monoisotopic (exact) mass is 445 g/mol. The van der Waals surface area contributed by atoms with Crippen molar-refractivity contribution in [1.82, 2.24) is 9.21 Å². The van der Waals surface area contributed by atoms with Gasteiger partial charge in [0.1, 0.15) is 5.82 Å². The Hall–Kier alpha value is -1.75. The fraction of sp³-hybridized carbons (Fsp3) is 0.312. The SMILES string of the molecule is NC(=O)c1ccc(S(=O)(=O)N2CCN(Cc3ccc(Br)cc3F)CC2)o1. The lowest BCUT2D eigenvalue weighted by Crippen LogP contribution is -2.48. The lowest BCUT2D eigenvalue weighted by Gasteiger charge is -2.33. The molecule has 2 N–H and O–H groups in total. The number of rotatable bonds is 5. The highest BCUT2D eigenvalue weighted by Gasteiger charge is 2.31. The Morgan fingerprint density at radius 1 is 1.19 bits per heavy atom. The van der Waals surface area contributed by atoms with Crippen LogP contribution in [0.5, 0.6) is 0 Å². The Bertz CT molecular complexity index is 923. The molecule has 2 heterocycles. The third-order valence-electron chi connectivity index (χ3n) is 4.16. The summed E-state index contributed by atoms with van der Waals surface area (Å²) < 4.78 is 46.1. The van der Waals surface area contributed by atoms with Gasteiger partial charge in [0.05, 0.1) is 0 Å². The van der Waals surface area contributed by atoms with E-state index in [1.807, 2.05) is 4.90 Å². The van der Waals surface area contributed by atoms with Crippen LogP contribution in [-0.4, -0.2) is 49.7 Å². The molecule has 0 bridgehead atoms. The Balaban J connectivity index is 1.64. The van der Waals surface area contributed by atoms with Crippen LogP contribution >= 0.6 is 15.9 Å². The van der Waals surface area contributed by atoms with Crippen LogP contribution in [0.3, 0.4) is 0 Å². The van der Waals surface area contributed by atoms with Gasteiger partial charge in [0.15, 0.2) is 5.76 Å². The summed E-state index contributed by atoms with van der Waals surface area (Å²) in [4.78, 5) is 13.0. The van der Waals surface area contributed by atoms with Crippen molar-refractivity contribution in [1.29, 1.82) is 0 Å². The maximum absolute atomic E-state index is 13.9. The zero-order chi connectivity index (χ0) is 18.9. The first-order chi connectivity index (χ1) is 12.3. The van der Waals surface area contributed by atoms with Gasteiger partial charge in [-0.3, -0.25) is 9.69 Å². The Morgan fingerprint density at radius 2 is 1.88 bits per heavy atom. The quantitative estimate of drug-likeness (QED) is 0.756. The molecular formula is C16H17BrFN3O4S. The first-order valence-electron chi connectivity index (χ1n) is 7.83. The molecule has 7 nitrogen and oxygen atoms in total. The van der Waals surface area contributed by atoms with Gasteiger partial charge in [-0.25, -0.2) is 12.8 Å². The third kappa shape index (κ3) is 3.98. The lowest BCUT2D eigenvalue weighted by atomic mass is 10.2. The molecule has 1 aliphatic heterocycles. The first kappa shape index (κ1) is 19.0. The fourth-order valence-electron chi connectivity index (χ4n) is 2.74. The molecule has 0 aliphatic carbocycles. The molecule has 1 fully saturated rings. The van der Waals surface area contributed by atoms with Gasteiger partial charge in [0.25, 0.3) is 15.9 Å². The van der Waals surface area contributed by atoms with Crippen molar-refractivity contribution in [2.45, 2.75) is 11.6 Å². The van der Waals surface area contributed by atoms with E-state index < -0.39 is 15.9 Å². The van der Waals surface area contributed by atoms with Gasteiger partial charge < -0.3 is 10.2 Å². The second-order valence-electron chi connectivity index (χ2n) is 5.90. The summed E-state index contributed by atoms with van der Waals surface area (Å²) >= 11 is 3.22. The van der Waals surface area contributed by atoms with E-state index in [9.17, 15) is 17.6 Å². The topological polar surface area (TPSA) is 96.8 Å². The summed E-state index contributed by atoms with van der Waals surface area (Å²) in [5.41, 5.74) is 5.64. The van der Waals surface area contributed by atoms with Crippen LogP contribution in [-0.2, 0) is 16.6 Å². The molecule has 0 spiro atoms. The number of carbonyl (C=O) groups excluding carboxylic acids is 1. The zero-order valence-corrected chi connectivity index (χ0v) is 16.1. The van der Waals surface area contributed by atoms with Gasteiger partial charge in [-0.05, 0) is 24.3 Å². The van der Waals surface area contributed by atoms with E-state index in [4.69, 9.17) is 10.2 Å². The van der Waals surface area contributed by atoms with Crippen LogP contribution in [0.1, 0.15) is 16.1 Å². The molecule has 1 aliphatic rings. The molecular weight excluding hydrogens is 429 g/mol. The van der Waals surface area contributed by atoms with Crippen LogP contribution in [0, 0.1) is 5.82 Å². The second kappa shape index (κ2) is 7.47. The summed E-state index contributed by atoms with van der Waals surface area (Å²) in [6, 6.07) is 7.34. The number of furan rings is 1. The van der Waals surface area contributed by atoms with E-state index in [1.54, 1.807) is 12.1 Å². The molecule has 140 valence electrons. The Labute approximate surface area is 158 Å². The van der Waals surface area contributed by atoms with Crippen LogP contribution in [0.4, 0.5) is 4.39 Å². The summed E-state index contributed by atoms with van der Waals surface area (Å²) in [7, 11) is -3.83. The molecule has 1 saturated heterocycles. The van der Waals surface area contributed by atoms with Crippen molar-refractivity contribution < 1.29 is 22.0 Å². The highest BCUT2D eigenvalue weighted by molar-refractivity contribution is 9.10. The predicted octanol–water partition coefficient (Wildman–Crippen LogP) is 1.79. The summed E-state index contributed by atoms with van der Waals surface area (Å²) in [5.74, 6) is -1.33. The number of hydrogen-bond donors (Lipinski definition) is 1. The molecule has 0 atom stereocenters. The molecule has 10 heteroatoms. The number of nitrogens with zero attached hydrogens (tertiary/aromatic N) is 2. The van der Waals surface area contributed by atoms with Crippen LogP contribution in [0.25, 0.3) is 0 Å². The number of carbonyl (C=O) groups is 1. The molecule has 1 aromatic carbocycles. The standard InChI is InChI=1S/C16H17BrFN3O4S/c17-12-2-1-11(13(18)9-12)10-20-5-7-21(8-6-20)26(23,24)15-4-3-14(25-15)16(19)22/h1-4,9H,5-8,10H2,(H2,19,22). The highest BCUT2D eigenvalue weighted by Crippen LogP contribution is 2.22.